The van der Waals surface area contributed by atoms with E-state index in [9.17, 15) is 0 Å². The van der Waals surface area contributed by atoms with E-state index in [0.29, 0.717) is 5.92 Å². The number of halogens is 1. The number of ether oxygens (including phenoxy) is 2. The number of rotatable bonds is 4. The van der Waals surface area contributed by atoms with Gasteiger partial charge in [-0.15, -0.1) is 0 Å². The van der Waals surface area contributed by atoms with Crippen LogP contribution in [0.25, 0.3) is 0 Å². The molecule has 2 rings (SSSR count). The van der Waals surface area contributed by atoms with Crippen molar-refractivity contribution in [3.05, 3.63) is 0 Å². The average molecular weight is 277 g/mol. The molecule has 1 saturated heterocycles. The second-order valence-electron chi connectivity index (χ2n) is 4.64. The highest BCUT2D eigenvalue weighted by Gasteiger charge is 2.43. The Labute approximate surface area is 101 Å². The average Bonchev–Trinajstić information content (AvgIpc) is 2.78. The van der Waals surface area contributed by atoms with Gasteiger partial charge < -0.3 is 9.47 Å². The van der Waals surface area contributed by atoms with Gasteiger partial charge in [-0.05, 0) is 19.3 Å². The van der Waals surface area contributed by atoms with Gasteiger partial charge in [-0.3, -0.25) is 0 Å². The van der Waals surface area contributed by atoms with Crippen LogP contribution in [-0.4, -0.2) is 24.3 Å². The molecule has 88 valence electrons. The molecule has 0 aromatic rings. The maximum atomic E-state index is 5.94. The van der Waals surface area contributed by atoms with E-state index in [1.165, 1.54) is 32.1 Å². The Morgan fingerprint density at radius 3 is 2.33 bits per heavy atom. The van der Waals surface area contributed by atoms with Gasteiger partial charge in [0.2, 0.25) is 0 Å². The first kappa shape index (κ1) is 11.9. The third kappa shape index (κ3) is 2.75. The summed E-state index contributed by atoms with van der Waals surface area (Å²) in [4.78, 5) is 0. The van der Waals surface area contributed by atoms with Crippen LogP contribution < -0.4 is 0 Å². The van der Waals surface area contributed by atoms with Crippen LogP contribution in [0.1, 0.15) is 44.9 Å². The molecule has 1 saturated carbocycles. The number of alkyl halides is 1. The maximum absolute atomic E-state index is 5.94. The SMILES string of the molecule is BrCCCC1(C2CCCCC2)OCCO1. The molecule has 0 N–H and O–H groups in total. The lowest BCUT2D eigenvalue weighted by atomic mass is 9.81. The lowest BCUT2D eigenvalue weighted by molar-refractivity contribution is -0.206. The first-order valence-corrected chi connectivity index (χ1v) is 7.33. The topological polar surface area (TPSA) is 18.5 Å². The largest absolute Gasteiger partial charge is 0.347 e. The van der Waals surface area contributed by atoms with Gasteiger partial charge in [0.15, 0.2) is 5.79 Å². The Bertz CT molecular complexity index is 184. The van der Waals surface area contributed by atoms with E-state index in [2.05, 4.69) is 15.9 Å². The van der Waals surface area contributed by atoms with Crippen LogP contribution >= 0.6 is 15.9 Å². The molecule has 1 heterocycles. The van der Waals surface area contributed by atoms with Crippen molar-refractivity contribution in [2.75, 3.05) is 18.5 Å². The van der Waals surface area contributed by atoms with Gasteiger partial charge >= 0.3 is 0 Å². The molecular weight excluding hydrogens is 256 g/mol. The fourth-order valence-electron chi connectivity index (χ4n) is 2.91. The van der Waals surface area contributed by atoms with E-state index in [-0.39, 0.29) is 5.79 Å². The quantitative estimate of drug-likeness (QED) is 0.732. The normalized spacial score (nSPS) is 27.0. The summed E-state index contributed by atoms with van der Waals surface area (Å²) in [5.41, 5.74) is 0. The Morgan fingerprint density at radius 1 is 1.07 bits per heavy atom. The first-order valence-electron chi connectivity index (χ1n) is 6.21. The Kier molecular flexibility index (Phi) is 4.47. The molecular formula is C12H21BrO2. The van der Waals surface area contributed by atoms with Crippen molar-refractivity contribution in [3.8, 4) is 0 Å². The minimum atomic E-state index is -0.214. The molecule has 0 bridgehead atoms. The van der Waals surface area contributed by atoms with Crippen LogP contribution in [0, 0.1) is 5.92 Å². The Morgan fingerprint density at radius 2 is 1.73 bits per heavy atom. The number of hydrogen-bond acceptors (Lipinski definition) is 2. The molecule has 0 unspecified atom stereocenters. The van der Waals surface area contributed by atoms with Crippen LogP contribution in [0.5, 0.6) is 0 Å². The minimum Gasteiger partial charge on any atom is -0.347 e. The lowest BCUT2D eigenvalue weighted by Gasteiger charge is -2.37. The summed E-state index contributed by atoms with van der Waals surface area (Å²) >= 11 is 3.49. The molecule has 0 radical (unpaired) electrons. The Balaban J connectivity index is 1.96. The van der Waals surface area contributed by atoms with Crippen molar-refractivity contribution in [3.63, 3.8) is 0 Å². The molecule has 15 heavy (non-hydrogen) atoms. The number of hydrogen-bond donors (Lipinski definition) is 0. The van der Waals surface area contributed by atoms with Crippen molar-refractivity contribution in [2.45, 2.75) is 50.7 Å². The molecule has 2 aliphatic rings. The van der Waals surface area contributed by atoms with Crippen molar-refractivity contribution < 1.29 is 9.47 Å². The predicted octanol–water partition coefficient (Wildman–Crippen LogP) is 3.48. The maximum Gasteiger partial charge on any atom is 0.171 e. The summed E-state index contributed by atoms with van der Waals surface area (Å²) in [6, 6.07) is 0. The summed E-state index contributed by atoms with van der Waals surface area (Å²) in [5, 5.41) is 1.05. The molecule has 1 aliphatic heterocycles. The summed E-state index contributed by atoms with van der Waals surface area (Å²) in [6.07, 6.45) is 8.90. The standard InChI is InChI=1S/C12H21BrO2/c13-8-4-7-12(14-9-10-15-12)11-5-2-1-3-6-11/h11H,1-10H2. The highest BCUT2D eigenvalue weighted by molar-refractivity contribution is 9.09. The molecule has 0 aromatic carbocycles. The van der Waals surface area contributed by atoms with Gasteiger partial charge in [0.25, 0.3) is 0 Å². The Hall–Kier alpha value is 0.400. The zero-order chi connectivity index (χ0) is 10.6. The second kappa shape index (κ2) is 5.65. The predicted molar refractivity (Wildman–Crippen MR) is 64.2 cm³/mol. The van der Waals surface area contributed by atoms with Gasteiger partial charge in [-0.2, -0.15) is 0 Å². The summed E-state index contributed by atoms with van der Waals surface area (Å²) < 4.78 is 11.9. The van der Waals surface area contributed by atoms with Crippen LogP contribution in [0.3, 0.4) is 0 Å². The van der Waals surface area contributed by atoms with Gasteiger partial charge in [-0.25, -0.2) is 0 Å². The zero-order valence-corrected chi connectivity index (χ0v) is 10.9. The van der Waals surface area contributed by atoms with Gasteiger partial charge in [0.1, 0.15) is 0 Å². The van der Waals surface area contributed by atoms with Crippen LogP contribution in [0.15, 0.2) is 0 Å². The third-order valence-electron chi connectivity index (χ3n) is 3.66. The van der Waals surface area contributed by atoms with E-state index in [0.717, 1.165) is 31.4 Å². The monoisotopic (exact) mass is 276 g/mol. The van der Waals surface area contributed by atoms with Gasteiger partial charge in [-0.1, -0.05) is 35.2 Å². The third-order valence-corrected chi connectivity index (χ3v) is 4.22. The highest BCUT2D eigenvalue weighted by Crippen LogP contribution is 2.41. The minimum absolute atomic E-state index is 0.214. The summed E-state index contributed by atoms with van der Waals surface area (Å²) in [6.45, 7) is 1.58. The van der Waals surface area contributed by atoms with E-state index in [4.69, 9.17) is 9.47 Å². The van der Waals surface area contributed by atoms with E-state index in [1.807, 2.05) is 0 Å². The summed E-state index contributed by atoms with van der Waals surface area (Å²) in [5.74, 6) is 0.432. The van der Waals surface area contributed by atoms with Crippen molar-refractivity contribution >= 4 is 15.9 Å². The van der Waals surface area contributed by atoms with Gasteiger partial charge in [0, 0.05) is 17.7 Å². The van der Waals surface area contributed by atoms with E-state index >= 15 is 0 Å². The molecule has 2 fully saturated rings. The van der Waals surface area contributed by atoms with Crippen LogP contribution in [0.2, 0.25) is 0 Å². The van der Waals surface area contributed by atoms with Crippen LogP contribution in [-0.2, 0) is 9.47 Å². The molecule has 0 spiro atoms. The molecule has 0 aromatic heterocycles. The molecule has 0 amide bonds. The molecule has 1 aliphatic carbocycles. The van der Waals surface area contributed by atoms with Crippen molar-refractivity contribution in [1.82, 2.24) is 0 Å². The lowest BCUT2D eigenvalue weighted by Crippen LogP contribution is -2.40. The fraction of sp³-hybridized carbons (Fsp3) is 1.00. The smallest absolute Gasteiger partial charge is 0.171 e. The van der Waals surface area contributed by atoms with E-state index < -0.39 is 0 Å². The van der Waals surface area contributed by atoms with Crippen molar-refractivity contribution in [2.24, 2.45) is 5.92 Å². The molecule has 0 atom stereocenters. The highest BCUT2D eigenvalue weighted by atomic mass is 79.9. The first-order chi connectivity index (χ1) is 7.37. The molecule has 2 nitrogen and oxygen atoms in total. The van der Waals surface area contributed by atoms with E-state index in [1.54, 1.807) is 0 Å². The van der Waals surface area contributed by atoms with Crippen LogP contribution in [0.4, 0.5) is 0 Å². The molecule has 3 heteroatoms. The van der Waals surface area contributed by atoms with Gasteiger partial charge in [0.05, 0.1) is 13.2 Å². The van der Waals surface area contributed by atoms with Crippen molar-refractivity contribution in [1.29, 1.82) is 0 Å². The fourth-order valence-corrected chi connectivity index (χ4v) is 3.19. The zero-order valence-electron chi connectivity index (χ0n) is 9.34. The summed E-state index contributed by atoms with van der Waals surface area (Å²) in [7, 11) is 0. The second-order valence-corrected chi connectivity index (χ2v) is 5.43.